The van der Waals surface area contributed by atoms with Gasteiger partial charge in [0.15, 0.2) is 0 Å². The molecule has 5 rings (SSSR count). The van der Waals surface area contributed by atoms with Crippen LogP contribution in [-0.4, -0.2) is 53.2 Å². The maximum atomic E-state index is 12.4. The summed E-state index contributed by atoms with van der Waals surface area (Å²) < 4.78 is 12.6. The molecule has 4 aromatic rings. The number of esters is 1. The molecule has 1 unspecified atom stereocenters. The minimum atomic E-state index is -0.161. The van der Waals surface area contributed by atoms with Crippen LogP contribution >= 0.6 is 0 Å². The molecule has 0 aliphatic carbocycles. The number of aromatic nitrogens is 2. The zero-order chi connectivity index (χ0) is 22.6. The van der Waals surface area contributed by atoms with Gasteiger partial charge in [0.1, 0.15) is 6.33 Å². The number of hydrogen-bond acceptors (Lipinski definition) is 6. The molecular formula is C26H28N4O3. The van der Waals surface area contributed by atoms with Crippen molar-refractivity contribution in [3.05, 3.63) is 72.9 Å². The van der Waals surface area contributed by atoms with Gasteiger partial charge in [0.2, 0.25) is 0 Å². The van der Waals surface area contributed by atoms with Crippen LogP contribution in [0.2, 0.25) is 0 Å². The van der Waals surface area contributed by atoms with E-state index in [2.05, 4.69) is 62.2 Å². The highest BCUT2D eigenvalue weighted by atomic mass is 16.5. The van der Waals surface area contributed by atoms with E-state index in [0.717, 1.165) is 59.6 Å². The van der Waals surface area contributed by atoms with Crippen LogP contribution in [0.5, 0.6) is 0 Å². The normalized spacial score (nSPS) is 15.5. The lowest BCUT2D eigenvalue weighted by Crippen LogP contribution is -2.45. The maximum absolute atomic E-state index is 12.4. The summed E-state index contributed by atoms with van der Waals surface area (Å²) in [5, 5.41) is 3.39. The Morgan fingerprint density at radius 3 is 2.82 bits per heavy atom. The van der Waals surface area contributed by atoms with Gasteiger partial charge < -0.3 is 14.5 Å². The molecule has 0 bridgehead atoms. The number of furan rings is 1. The average Bonchev–Trinajstić information content (AvgIpc) is 3.53. The minimum Gasteiger partial charge on any atom is -0.472 e. The molecule has 1 aliphatic rings. The summed E-state index contributed by atoms with van der Waals surface area (Å²) >= 11 is 0. The van der Waals surface area contributed by atoms with Gasteiger partial charge in [0, 0.05) is 43.5 Å². The Morgan fingerprint density at radius 2 is 2.03 bits per heavy atom. The van der Waals surface area contributed by atoms with Crippen LogP contribution in [-0.2, 0) is 9.53 Å². The summed E-state index contributed by atoms with van der Waals surface area (Å²) in [6.07, 6.45) is 5.61. The number of nitrogens with one attached hydrogen (secondary N) is 1. The van der Waals surface area contributed by atoms with Crippen LogP contribution in [0.3, 0.4) is 0 Å². The van der Waals surface area contributed by atoms with Gasteiger partial charge >= 0.3 is 5.97 Å². The molecule has 33 heavy (non-hydrogen) atoms. The van der Waals surface area contributed by atoms with Gasteiger partial charge in [-0.1, -0.05) is 18.2 Å². The van der Waals surface area contributed by atoms with E-state index in [1.54, 1.807) is 12.5 Å². The van der Waals surface area contributed by atoms with Crippen LogP contribution < -0.4 is 5.32 Å². The third-order valence-electron chi connectivity index (χ3n) is 6.19. The summed E-state index contributed by atoms with van der Waals surface area (Å²) in [6.45, 7) is 5.89. The van der Waals surface area contributed by atoms with Gasteiger partial charge in [-0.15, -0.1) is 0 Å². The predicted octanol–water partition coefficient (Wildman–Crippen LogP) is 4.19. The van der Waals surface area contributed by atoms with Crippen LogP contribution in [0.1, 0.15) is 24.9 Å². The van der Waals surface area contributed by atoms with Crippen molar-refractivity contribution in [1.82, 2.24) is 19.8 Å². The molecule has 170 valence electrons. The van der Waals surface area contributed by atoms with Crippen LogP contribution in [0.4, 0.5) is 0 Å². The molecule has 1 fully saturated rings. The van der Waals surface area contributed by atoms with E-state index >= 15 is 0 Å². The molecular weight excluding hydrogens is 416 g/mol. The first-order valence-corrected chi connectivity index (χ1v) is 11.4. The summed E-state index contributed by atoms with van der Waals surface area (Å²) in [4.78, 5) is 19.4. The largest absolute Gasteiger partial charge is 0.472 e. The molecule has 1 atom stereocenters. The Bertz CT molecular complexity index is 1230. The van der Waals surface area contributed by atoms with Gasteiger partial charge in [0.05, 0.1) is 36.6 Å². The second kappa shape index (κ2) is 9.60. The molecule has 1 aliphatic heterocycles. The third kappa shape index (κ3) is 4.55. The van der Waals surface area contributed by atoms with E-state index in [1.807, 2.05) is 19.3 Å². The van der Waals surface area contributed by atoms with Crippen molar-refractivity contribution in [2.75, 3.05) is 32.8 Å². The lowest BCUT2D eigenvalue weighted by molar-refractivity contribution is -0.144. The standard InChI is InChI=1S/C26H28N4O3/c1-2-33-26(31)16-25(29-11-9-27-10-12-29)20-4-3-5-22(14-20)30-18-28-23-15-19(6-7-24(23)30)21-8-13-32-17-21/h3-8,13-15,17-18,25,27H,2,9-12,16H2,1H3. The van der Waals surface area contributed by atoms with Gasteiger partial charge in [-0.3, -0.25) is 14.3 Å². The van der Waals surface area contributed by atoms with E-state index in [-0.39, 0.29) is 12.0 Å². The van der Waals surface area contributed by atoms with Crippen molar-refractivity contribution in [2.45, 2.75) is 19.4 Å². The number of nitrogens with zero attached hydrogens (tertiary/aromatic N) is 3. The lowest BCUT2D eigenvalue weighted by Gasteiger charge is -2.35. The fraction of sp³-hybridized carbons (Fsp3) is 0.308. The van der Waals surface area contributed by atoms with Crippen LogP contribution in [0.15, 0.2) is 71.8 Å². The molecule has 7 nitrogen and oxygen atoms in total. The maximum Gasteiger partial charge on any atom is 0.307 e. The lowest BCUT2D eigenvalue weighted by atomic mass is 10.0. The number of benzene rings is 2. The molecule has 1 N–H and O–H groups in total. The monoisotopic (exact) mass is 444 g/mol. The highest BCUT2D eigenvalue weighted by Crippen LogP contribution is 2.29. The topological polar surface area (TPSA) is 72.5 Å². The highest BCUT2D eigenvalue weighted by Gasteiger charge is 2.25. The van der Waals surface area contributed by atoms with Crippen molar-refractivity contribution >= 4 is 17.0 Å². The quantitative estimate of drug-likeness (QED) is 0.431. The number of ether oxygens (including phenoxy) is 1. The van der Waals surface area contributed by atoms with Gasteiger partial charge in [-0.25, -0.2) is 4.98 Å². The number of fused-ring (bicyclic) bond motifs is 1. The van der Waals surface area contributed by atoms with Crippen molar-refractivity contribution in [2.24, 2.45) is 0 Å². The van der Waals surface area contributed by atoms with Gasteiger partial charge in [0.25, 0.3) is 0 Å². The van der Waals surface area contributed by atoms with E-state index in [0.29, 0.717) is 13.0 Å². The first kappa shape index (κ1) is 21.4. The van der Waals surface area contributed by atoms with E-state index < -0.39 is 0 Å². The molecule has 2 aromatic carbocycles. The fourth-order valence-electron chi connectivity index (χ4n) is 4.54. The Hall–Kier alpha value is -3.42. The first-order valence-electron chi connectivity index (χ1n) is 11.4. The SMILES string of the molecule is CCOC(=O)CC(c1cccc(-n2cnc3cc(-c4ccoc4)ccc32)c1)N1CCNCC1. The van der Waals surface area contributed by atoms with Crippen LogP contribution in [0.25, 0.3) is 27.8 Å². The summed E-state index contributed by atoms with van der Waals surface area (Å²) in [6, 6.07) is 16.6. The van der Waals surface area contributed by atoms with Crippen LogP contribution in [0, 0.1) is 0 Å². The van der Waals surface area contributed by atoms with Crippen molar-refractivity contribution in [1.29, 1.82) is 0 Å². The number of piperazine rings is 1. The van der Waals surface area contributed by atoms with E-state index in [1.165, 1.54) is 0 Å². The molecule has 3 heterocycles. The first-order chi connectivity index (χ1) is 16.2. The number of hydrogen-bond donors (Lipinski definition) is 1. The van der Waals surface area contributed by atoms with Gasteiger partial charge in [-0.2, -0.15) is 0 Å². The minimum absolute atomic E-state index is 0.0198. The highest BCUT2D eigenvalue weighted by molar-refractivity contribution is 5.83. The molecule has 0 radical (unpaired) electrons. The molecule has 0 saturated carbocycles. The zero-order valence-electron chi connectivity index (χ0n) is 18.7. The smallest absolute Gasteiger partial charge is 0.307 e. The second-order valence-corrected chi connectivity index (χ2v) is 8.24. The summed E-state index contributed by atoms with van der Waals surface area (Å²) in [5.74, 6) is -0.161. The number of imidazole rings is 1. The Kier molecular flexibility index (Phi) is 6.24. The number of carbonyl (C=O) groups excluding carboxylic acids is 1. The zero-order valence-corrected chi connectivity index (χ0v) is 18.7. The van der Waals surface area contributed by atoms with Gasteiger partial charge in [-0.05, 0) is 48.4 Å². The molecule has 7 heteroatoms. The Morgan fingerprint density at radius 1 is 1.15 bits per heavy atom. The van der Waals surface area contributed by atoms with E-state index in [9.17, 15) is 4.79 Å². The number of carbonyl (C=O) groups is 1. The second-order valence-electron chi connectivity index (χ2n) is 8.24. The molecule has 0 amide bonds. The molecule has 2 aromatic heterocycles. The molecule has 1 saturated heterocycles. The average molecular weight is 445 g/mol. The third-order valence-corrected chi connectivity index (χ3v) is 6.19. The Labute approximate surface area is 193 Å². The summed E-state index contributed by atoms with van der Waals surface area (Å²) in [7, 11) is 0. The summed E-state index contributed by atoms with van der Waals surface area (Å²) in [5.41, 5.74) is 6.19. The fourth-order valence-corrected chi connectivity index (χ4v) is 4.54. The van der Waals surface area contributed by atoms with E-state index in [4.69, 9.17) is 9.15 Å². The van der Waals surface area contributed by atoms with Crippen molar-refractivity contribution in [3.8, 4) is 16.8 Å². The molecule has 0 spiro atoms. The van der Waals surface area contributed by atoms with Crippen molar-refractivity contribution < 1.29 is 13.9 Å². The van der Waals surface area contributed by atoms with Crippen molar-refractivity contribution in [3.63, 3.8) is 0 Å². The Balaban J connectivity index is 1.48. The predicted molar refractivity (Wildman–Crippen MR) is 127 cm³/mol. The number of rotatable bonds is 7.